The number of pyridine rings is 1. The summed E-state index contributed by atoms with van der Waals surface area (Å²) >= 11 is 1.34. The van der Waals surface area contributed by atoms with Crippen LogP contribution in [0.15, 0.2) is 35.4 Å². The molecule has 0 aliphatic carbocycles. The molecule has 9 heteroatoms. The molecule has 3 aromatic heterocycles. The molecule has 134 valence electrons. The third-order valence-electron chi connectivity index (χ3n) is 4.28. The van der Waals surface area contributed by atoms with Crippen LogP contribution in [0.2, 0.25) is 0 Å². The first-order valence-electron chi connectivity index (χ1n) is 8.54. The summed E-state index contributed by atoms with van der Waals surface area (Å²) < 4.78 is 1.47. The lowest BCUT2D eigenvalue weighted by Crippen LogP contribution is -2.30. The number of rotatable bonds is 4. The van der Waals surface area contributed by atoms with E-state index < -0.39 is 5.56 Å². The zero-order chi connectivity index (χ0) is 17.9. The van der Waals surface area contributed by atoms with Crippen molar-refractivity contribution in [1.82, 2.24) is 24.9 Å². The van der Waals surface area contributed by atoms with Gasteiger partial charge in [-0.25, -0.2) is 0 Å². The fourth-order valence-electron chi connectivity index (χ4n) is 2.96. The summed E-state index contributed by atoms with van der Waals surface area (Å²) in [5.74, 6) is -0.362. The van der Waals surface area contributed by atoms with Crippen molar-refractivity contribution in [3.8, 4) is 0 Å². The Hall–Kier alpha value is -2.81. The van der Waals surface area contributed by atoms with Crippen LogP contribution in [-0.4, -0.2) is 38.6 Å². The maximum absolute atomic E-state index is 12.6. The molecule has 0 radical (unpaired) electrons. The Kier molecular flexibility index (Phi) is 4.61. The fourth-order valence-corrected chi connectivity index (χ4v) is 3.91. The topological polar surface area (TPSA) is 92.5 Å². The second-order valence-electron chi connectivity index (χ2n) is 6.15. The van der Waals surface area contributed by atoms with Gasteiger partial charge in [0.25, 0.3) is 11.5 Å². The Morgan fingerprint density at radius 1 is 1.27 bits per heavy atom. The SMILES string of the molecule is O=C(NCc1cccnc1)c1cc(=O)nc2sc(N3CCCCC3)nn12. The fraction of sp³-hybridized carbons (Fsp3) is 0.353. The van der Waals surface area contributed by atoms with Crippen molar-refractivity contribution in [2.24, 2.45) is 0 Å². The summed E-state index contributed by atoms with van der Waals surface area (Å²) in [6.07, 6.45) is 6.83. The van der Waals surface area contributed by atoms with Crippen LogP contribution in [0.5, 0.6) is 0 Å². The smallest absolute Gasteiger partial charge is 0.274 e. The average Bonchev–Trinajstić information content (AvgIpc) is 3.11. The van der Waals surface area contributed by atoms with E-state index in [1.807, 2.05) is 12.1 Å². The summed E-state index contributed by atoms with van der Waals surface area (Å²) in [5, 5.41) is 8.14. The molecule has 0 aromatic carbocycles. The van der Waals surface area contributed by atoms with Gasteiger partial charge in [0.1, 0.15) is 5.69 Å². The lowest BCUT2D eigenvalue weighted by atomic mass is 10.1. The molecule has 1 amide bonds. The Morgan fingerprint density at radius 3 is 2.88 bits per heavy atom. The number of hydrogen-bond acceptors (Lipinski definition) is 7. The van der Waals surface area contributed by atoms with E-state index in [2.05, 4.69) is 25.3 Å². The number of aromatic nitrogens is 4. The summed E-state index contributed by atoms with van der Waals surface area (Å²) in [5.41, 5.74) is 0.638. The van der Waals surface area contributed by atoms with Crippen LogP contribution in [-0.2, 0) is 6.54 Å². The first kappa shape index (κ1) is 16.6. The highest BCUT2D eigenvalue weighted by Gasteiger charge is 2.19. The number of nitrogens with one attached hydrogen (secondary N) is 1. The van der Waals surface area contributed by atoms with E-state index in [0.717, 1.165) is 36.6 Å². The minimum absolute atomic E-state index is 0.198. The highest BCUT2D eigenvalue weighted by atomic mass is 32.1. The molecule has 1 aliphatic heterocycles. The van der Waals surface area contributed by atoms with Gasteiger partial charge >= 0.3 is 0 Å². The molecular weight excluding hydrogens is 352 g/mol. The van der Waals surface area contributed by atoms with Gasteiger partial charge in [-0.1, -0.05) is 17.4 Å². The van der Waals surface area contributed by atoms with Crippen molar-refractivity contribution in [2.45, 2.75) is 25.8 Å². The van der Waals surface area contributed by atoms with E-state index in [1.165, 1.54) is 28.3 Å². The average molecular weight is 370 g/mol. The number of fused-ring (bicyclic) bond motifs is 1. The lowest BCUT2D eigenvalue weighted by molar-refractivity contribution is 0.0943. The van der Waals surface area contributed by atoms with Gasteiger partial charge in [0.15, 0.2) is 0 Å². The van der Waals surface area contributed by atoms with Crippen LogP contribution in [0, 0.1) is 0 Å². The first-order valence-corrected chi connectivity index (χ1v) is 9.35. The third kappa shape index (κ3) is 3.43. The number of amides is 1. The van der Waals surface area contributed by atoms with Gasteiger partial charge < -0.3 is 10.2 Å². The highest BCUT2D eigenvalue weighted by Crippen LogP contribution is 2.25. The van der Waals surface area contributed by atoms with Gasteiger partial charge in [-0.3, -0.25) is 14.6 Å². The molecule has 0 saturated carbocycles. The molecule has 1 saturated heterocycles. The van der Waals surface area contributed by atoms with Gasteiger partial charge in [-0.15, -0.1) is 5.10 Å². The molecule has 4 heterocycles. The number of anilines is 1. The Balaban J connectivity index is 1.62. The predicted molar refractivity (Wildman–Crippen MR) is 98.6 cm³/mol. The van der Waals surface area contributed by atoms with Gasteiger partial charge in [0.05, 0.1) is 0 Å². The van der Waals surface area contributed by atoms with Crippen molar-refractivity contribution < 1.29 is 4.79 Å². The van der Waals surface area contributed by atoms with Gasteiger partial charge in [0, 0.05) is 38.1 Å². The zero-order valence-electron chi connectivity index (χ0n) is 14.1. The van der Waals surface area contributed by atoms with Crippen molar-refractivity contribution in [3.63, 3.8) is 0 Å². The molecular formula is C17H18N6O2S. The number of hydrogen-bond donors (Lipinski definition) is 1. The molecule has 3 aromatic rings. The minimum atomic E-state index is -0.439. The monoisotopic (exact) mass is 370 g/mol. The summed E-state index contributed by atoms with van der Waals surface area (Å²) in [7, 11) is 0. The predicted octanol–water partition coefficient (Wildman–Crippen LogP) is 1.47. The maximum Gasteiger partial charge on any atom is 0.274 e. The maximum atomic E-state index is 12.6. The molecule has 1 fully saturated rings. The van der Waals surface area contributed by atoms with E-state index in [-0.39, 0.29) is 11.6 Å². The zero-order valence-corrected chi connectivity index (χ0v) is 14.9. The standard InChI is InChI=1S/C17H18N6O2S/c24-14-9-13(15(25)19-11-12-5-4-6-18-10-12)23-16(20-14)26-17(21-23)22-7-2-1-3-8-22/h4-6,9-10H,1-3,7-8,11H2,(H,19,25). The van der Waals surface area contributed by atoms with Crippen LogP contribution in [0.25, 0.3) is 4.96 Å². The molecule has 0 bridgehead atoms. The normalized spacial score (nSPS) is 14.5. The summed E-state index contributed by atoms with van der Waals surface area (Å²) in [6.45, 7) is 2.20. The Morgan fingerprint density at radius 2 is 2.12 bits per heavy atom. The first-order chi connectivity index (χ1) is 12.7. The van der Waals surface area contributed by atoms with Crippen LogP contribution in [0.3, 0.4) is 0 Å². The molecule has 1 aliphatic rings. The summed E-state index contributed by atoms with van der Waals surface area (Å²) in [4.78, 5) is 35.2. The van der Waals surface area contributed by atoms with E-state index in [1.54, 1.807) is 12.4 Å². The van der Waals surface area contributed by atoms with E-state index in [0.29, 0.717) is 11.5 Å². The quantitative estimate of drug-likeness (QED) is 0.748. The molecule has 0 unspecified atom stereocenters. The van der Waals surface area contributed by atoms with Crippen LogP contribution >= 0.6 is 11.3 Å². The number of carbonyl (C=O) groups is 1. The van der Waals surface area contributed by atoms with E-state index >= 15 is 0 Å². The molecule has 0 atom stereocenters. The third-order valence-corrected chi connectivity index (χ3v) is 5.25. The van der Waals surface area contributed by atoms with Crippen LogP contribution in [0.1, 0.15) is 35.3 Å². The summed E-state index contributed by atoms with van der Waals surface area (Å²) in [6, 6.07) is 4.91. The molecule has 26 heavy (non-hydrogen) atoms. The van der Waals surface area contributed by atoms with Gasteiger partial charge in [0.2, 0.25) is 10.1 Å². The van der Waals surface area contributed by atoms with Crippen molar-refractivity contribution in [2.75, 3.05) is 18.0 Å². The highest BCUT2D eigenvalue weighted by molar-refractivity contribution is 7.20. The number of piperidine rings is 1. The van der Waals surface area contributed by atoms with Crippen LogP contribution in [0.4, 0.5) is 5.13 Å². The number of carbonyl (C=O) groups excluding carboxylic acids is 1. The van der Waals surface area contributed by atoms with Gasteiger partial charge in [-0.2, -0.15) is 9.50 Å². The van der Waals surface area contributed by atoms with E-state index in [9.17, 15) is 9.59 Å². The molecule has 1 N–H and O–H groups in total. The van der Waals surface area contributed by atoms with Gasteiger partial charge in [-0.05, 0) is 30.9 Å². The second-order valence-corrected chi connectivity index (χ2v) is 7.08. The second kappa shape index (κ2) is 7.20. The van der Waals surface area contributed by atoms with E-state index in [4.69, 9.17) is 0 Å². The largest absolute Gasteiger partial charge is 0.347 e. The Labute approximate surface area is 153 Å². The lowest BCUT2D eigenvalue weighted by Gasteiger charge is -2.25. The minimum Gasteiger partial charge on any atom is -0.347 e. The number of nitrogens with zero attached hydrogens (tertiary/aromatic N) is 5. The molecule has 0 spiro atoms. The molecule has 8 nitrogen and oxygen atoms in total. The van der Waals surface area contributed by atoms with Crippen molar-refractivity contribution in [1.29, 1.82) is 0 Å². The molecule has 4 rings (SSSR count). The van der Waals surface area contributed by atoms with Crippen molar-refractivity contribution >= 4 is 27.3 Å². The Bertz CT molecular complexity index is 978. The van der Waals surface area contributed by atoms with Crippen molar-refractivity contribution in [3.05, 3.63) is 52.2 Å². The van der Waals surface area contributed by atoms with Crippen LogP contribution < -0.4 is 15.8 Å².